The van der Waals surface area contributed by atoms with Gasteiger partial charge in [0.25, 0.3) is 0 Å². The highest BCUT2D eigenvalue weighted by molar-refractivity contribution is 6.31. The molecule has 0 unspecified atom stereocenters. The minimum absolute atomic E-state index is 0.317. The molecule has 0 spiro atoms. The molecule has 0 bridgehead atoms. The molecule has 0 amide bonds. The van der Waals surface area contributed by atoms with Gasteiger partial charge in [-0.1, -0.05) is 11.6 Å². The molecule has 2 N–H and O–H groups in total. The number of rotatable bonds is 4. The molecule has 0 aliphatic carbocycles. The third-order valence-electron chi connectivity index (χ3n) is 2.69. The van der Waals surface area contributed by atoms with Crippen LogP contribution < -0.4 is 11.4 Å². The second-order valence-electron chi connectivity index (χ2n) is 3.98. The van der Waals surface area contributed by atoms with Crippen molar-refractivity contribution in [3.63, 3.8) is 0 Å². The number of benzene rings is 1. The molecule has 17 heavy (non-hydrogen) atoms. The number of aryl methyl sites for hydroxylation is 1. The van der Waals surface area contributed by atoms with Crippen molar-refractivity contribution in [1.82, 2.24) is 0 Å². The fourth-order valence-corrected chi connectivity index (χ4v) is 2.04. The minimum Gasteiger partial charge on any atom is -0.423 e. The van der Waals surface area contributed by atoms with Gasteiger partial charge in [0.05, 0.1) is 0 Å². The average Bonchev–Trinajstić information content (AvgIpc) is 2.30. The Labute approximate surface area is 104 Å². The fraction of sp³-hybridized carbons (Fsp3) is 0.308. The van der Waals surface area contributed by atoms with Gasteiger partial charge in [-0.05, 0) is 49.6 Å². The van der Waals surface area contributed by atoms with Crippen molar-refractivity contribution < 1.29 is 4.42 Å². The smallest absolute Gasteiger partial charge is 0.336 e. The highest BCUT2D eigenvalue weighted by Crippen LogP contribution is 2.22. The lowest BCUT2D eigenvalue weighted by Gasteiger charge is -2.05. The molecule has 0 saturated heterocycles. The Morgan fingerprint density at radius 3 is 2.82 bits per heavy atom. The Morgan fingerprint density at radius 2 is 2.06 bits per heavy atom. The Morgan fingerprint density at radius 1 is 1.24 bits per heavy atom. The summed E-state index contributed by atoms with van der Waals surface area (Å²) in [7, 11) is 0. The van der Waals surface area contributed by atoms with E-state index in [0.717, 1.165) is 30.2 Å². The summed E-state index contributed by atoms with van der Waals surface area (Å²) in [5.41, 5.74) is 6.71. The predicted octanol–water partition coefficient (Wildman–Crippen LogP) is 2.73. The third-order valence-corrected chi connectivity index (χ3v) is 2.93. The molecule has 1 aromatic heterocycles. The normalized spacial score (nSPS) is 10.9. The quantitative estimate of drug-likeness (QED) is 0.672. The maximum absolute atomic E-state index is 11.4. The molecule has 0 aliphatic rings. The molecule has 4 heteroatoms. The van der Waals surface area contributed by atoms with Crippen LogP contribution in [0.4, 0.5) is 0 Å². The number of halogens is 1. The van der Waals surface area contributed by atoms with Crippen molar-refractivity contribution in [3.8, 4) is 0 Å². The van der Waals surface area contributed by atoms with Crippen molar-refractivity contribution in [1.29, 1.82) is 0 Å². The maximum Gasteiger partial charge on any atom is 0.336 e. The summed E-state index contributed by atoms with van der Waals surface area (Å²) in [5.74, 6) is 0. The molecular weight excluding hydrogens is 238 g/mol. The van der Waals surface area contributed by atoms with Gasteiger partial charge in [0.1, 0.15) is 5.58 Å². The topological polar surface area (TPSA) is 56.2 Å². The summed E-state index contributed by atoms with van der Waals surface area (Å²) in [6.45, 7) is 0.667. The van der Waals surface area contributed by atoms with Gasteiger partial charge in [0, 0.05) is 16.5 Å². The van der Waals surface area contributed by atoms with E-state index in [1.807, 2.05) is 6.07 Å². The predicted molar refractivity (Wildman–Crippen MR) is 69.5 cm³/mol. The lowest BCUT2D eigenvalue weighted by atomic mass is 10.0. The van der Waals surface area contributed by atoms with Crippen molar-refractivity contribution in [2.75, 3.05) is 6.54 Å². The van der Waals surface area contributed by atoms with Gasteiger partial charge in [0.15, 0.2) is 0 Å². The number of fused-ring (bicyclic) bond motifs is 1. The second-order valence-corrected chi connectivity index (χ2v) is 4.41. The van der Waals surface area contributed by atoms with Gasteiger partial charge in [-0.15, -0.1) is 0 Å². The SMILES string of the molecule is NCCCCc1cc(=O)oc2ccc(Cl)cc12. The van der Waals surface area contributed by atoms with E-state index in [-0.39, 0.29) is 5.63 Å². The number of unbranched alkanes of at least 4 members (excludes halogenated alkanes) is 1. The van der Waals surface area contributed by atoms with E-state index in [9.17, 15) is 4.79 Å². The van der Waals surface area contributed by atoms with Crippen LogP contribution in [0.1, 0.15) is 18.4 Å². The first-order chi connectivity index (χ1) is 8.20. The second kappa shape index (κ2) is 5.34. The monoisotopic (exact) mass is 251 g/mol. The maximum atomic E-state index is 11.4. The third kappa shape index (κ3) is 2.87. The Kier molecular flexibility index (Phi) is 3.82. The molecule has 2 aromatic rings. The van der Waals surface area contributed by atoms with E-state index < -0.39 is 0 Å². The van der Waals surface area contributed by atoms with E-state index in [1.54, 1.807) is 12.1 Å². The molecule has 0 saturated carbocycles. The van der Waals surface area contributed by atoms with E-state index in [4.69, 9.17) is 21.8 Å². The standard InChI is InChI=1S/C13H14ClNO2/c14-10-4-5-12-11(8-10)9(3-1-2-6-15)7-13(16)17-12/h4-5,7-8H,1-3,6,15H2. The van der Waals surface area contributed by atoms with Gasteiger partial charge >= 0.3 is 5.63 Å². The van der Waals surface area contributed by atoms with Crippen LogP contribution >= 0.6 is 11.6 Å². The molecule has 3 nitrogen and oxygen atoms in total. The van der Waals surface area contributed by atoms with Gasteiger partial charge in [-0.25, -0.2) is 4.79 Å². The van der Waals surface area contributed by atoms with Crippen LogP contribution in [0.2, 0.25) is 5.02 Å². The van der Waals surface area contributed by atoms with Crippen molar-refractivity contribution in [2.24, 2.45) is 5.73 Å². The van der Waals surface area contributed by atoms with Gasteiger partial charge in [0.2, 0.25) is 0 Å². The first-order valence-electron chi connectivity index (χ1n) is 5.63. The van der Waals surface area contributed by atoms with Crippen LogP contribution in [-0.2, 0) is 6.42 Å². The molecule has 1 aromatic carbocycles. The van der Waals surface area contributed by atoms with Crippen LogP contribution in [0.5, 0.6) is 0 Å². The first kappa shape index (κ1) is 12.1. The van der Waals surface area contributed by atoms with Gasteiger partial charge in [-0.2, -0.15) is 0 Å². The van der Waals surface area contributed by atoms with Crippen LogP contribution in [0, 0.1) is 0 Å². The Hall–Kier alpha value is -1.32. The summed E-state index contributed by atoms with van der Waals surface area (Å²) < 4.78 is 5.12. The number of nitrogens with two attached hydrogens (primary N) is 1. The average molecular weight is 252 g/mol. The van der Waals surface area contributed by atoms with Crippen molar-refractivity contribution >= 4 is 22.6 Å². The molecule has 2 rings (SSSR count). The molecule has 0 fully saturated rings. The summed E-state index contributed by atoms with van der Waals surface area (Å²) in [6, 6.07) is 6.81. The molecule has 0 radical (unpaired) electrons. The molecule has 1 heterocycles. The van der Waals surface area contributed by atoms with E-state index in [0.29, 0.717) is 17.2 Å². The van der Waals surface area contributed by atoms with E-state index in [2.05, 4.69) is 0 Å². The minimum atomic E-state index is -0.317. The van der Waals surface area contributed by atoms with E-state index in [1.165, 1.54) is 6.07 Å². The molecule has 0 atom stereocenters. The van der Waals surface area contributed by atoms with Crippen LogP contribution in [0.3, 0.4) is 0 Å². The highest BCUT2D eigenvalue weighted by Gasteiger charge is 2.05. The lowest BCUT2D eigenvalue weighted by molar-refractivity contribution is 0.558. The van der Waals surface area contributed by atoms with Crippen LogP contribution in [-0.4, -0.2) is 6.54 Å². The Bertz CT molecular complexity index is 577. The zero-order valence-corrected chi connectivity index (χ0v) is 10.2. The van der Waals surface area contributed by atoms with Crippen LogP contribution in [0.15, 0.2) is 33.5 Å². The van der Waals surface area contributed by atoms with Gasteiger partial charge in [-0.3, -0.25) is 0 Å². The number of hydrogen-bond acceptors (Lipinski definition) is 3. The van der Waals surface area contributed by atoms with Crippen LogP contribution in [0.25, 0.3) is 11.0 Å². The number of hydrogen-bond donors (Lipinski definition) is 1. The summed E-state index contributed by atoms with van der Waals surface area (Å²) in [6.07, 6.45) is 2.73. The van der Waals surface area contributed by atoms with Crippen molar-refractivity contribution in [2.45, 2.75) is 19.3 Å². The molecular formula is C13H14ClNO2. The highest BCUT2D eigenvalue weighted by atomic mass is 35.5. The first-order valence-corrected chi connectivity index (χ1v) is 6.01. The molecule has 90 valence electrons. The van der Waals surface area contributed by atoms with Gasteiger partial charge < -0.3 is 10.2 Å². The summed E-state index contributed by atoms with van der Waals surface area (Å²) in [5, 5.41) is 1.56. The summed E-state index contributed by atoms with van der Waals surface area (Å²) >= 11 is 5.95. The largest absolute Gasteiger partial charge is 0.423 e. The summed E-state index contributed by atoms with van der Waals surface area (Å²) in [4.78, 5) is 11.4. The fourth-order valence-electron chi connectivity index (χ4n) is 1.87. The lowest BCUT2D eigenvalue weighted by Crippen LogP contribution is -2.03. The zero-order valence-electron chi connectivity index (χ0n) is 9.41. The zero-order chi connectivity index (χ0) is 12.3. The van der Waals surface area contributed by atoms with E-state index >= 15 is 0 Å². The Balaban J connectivity index is 2.44. The van der Waals surface area contributed by atoms with Crippen molar-refractivity contribution in [3.05, 3.63) is 45.3 Å². The molecule has 0 aliphatic heterocycles.